The van der Waals surface area contributed by atoms with Crippen molar-refractivity contribution < 1.29 is 9.32 Å². The van der Waals surface area contributed by atoms with Crippen molar-refractivity contribution in [3.8, 4) is 11.3 Å². The van der Waals surface area contributed by atoms with Crippen LogP contribution in [0.25, 0.3) is 11.3 Å². The van der Waals surface area contributed by atoms with Gasteiger partial charge < -0.3 is 14.7 Å². The van der Waals surface area contributed by atoms with Crippen LogP contribution in [-0.4, -0.2) is 48.2 Å². The third-order valence-electron chi connectivity index (χ3n) is 4.57. The van der Waals surface area contributed by atoms with Gasteiger partial charge in [0.2, 0.25) is 0 Å². The number of nitrogens with zero attached hydrogens (tertiary/aromatic N) is 3. The SMILES string of the molecule is CSc1cc(C2=NCCN2C)ccc1-c1cc(CNC(=O)c2ccc(Cl)s2)on1. The molecule has 1 N–H and O–H groups in total. The van der Waals surface area contributed by atoms with Crippen LogP contribution >= 0.6 is 34.7 Å². The Kier molecular flexibility index (Phi) is 5.94. The first-order valence-electron chi connectivity index (χ1n) is 8.98. The summed E-state index contributed by atoms with van der Waals surface area (Å²) in [5.74, 6) is 1.42. The second-order valence-corrected chi connectivity index (χ2v) is 9.07. The minimum Gasteiger partial charge on any atom is -0.359 e. The van der Waals surface area contributed by atoms with Gasteiger partial charge in [0.1, 0.15) is 11.5 Å². The number of thioether (sulfide) groups is 1. The van der Waals surface area contributed by atoms with E-state index in [9.17, 15) is 4.79 Å². The predicted molar refractivity (Wildman–Crippen MR) is 118 cm³/mol. The maximum atomic E-state index is 12.2. The molecule has 0 fully saturated rings. The van der Waals surface area contributed by atoms with E-state index in [1.807, 2.05) is 18.4 Å². The summed E-state index contributed by atoms with van der Waals surface area (Å²) in [7, 11) is 2.06. The zero-order valence-corrected chi connectivity index (χ0v) is 18.3. The van der Waals surface area contributed by atoms with Crippen LogP contribution in [0, 0.1) is 0 Å². The van der Waals surface area contributed by atoms with Crippen LogP contribution in [0.2, 0.25) is 4.34 Å². The van der Waals surface area contributed by atoms with Crippen molar-refractivity contribution in [1.29, 1.82) is 0 Å². The Labute approximate surface area is 181 Å². The largest absolute Gasteiger partial charge is 0.359 e. The van der Waals surface area contributed by atoms with Crippen molar-refractivity contribution in [2.24, 2.45) is 4.99 Å². The molecule has 2 aromatic heterocycles. The summed E-state index contributed by atoms with van der Waals surface area (Å²) in [5.41, 5.74) is 2.84. The highest BCUT2D eigenvalue weighted by atomic mass is 35.5. The number of hydrogen-bond acceptors (Lipinski definition) is 7. The fourth-order valence-corrected chi connectivity index (χ4v) is 4.70. The Hall–Kier alpha value is -2.29. The molecule has 0 bridgehead atoms. The van der Waals surface area contributed by atoms with Crippen LogP contribution in [0.5, 0.6) is 0 Å². The molecular formula is C20H19ClN4O2S2. The molecule has 0 spiro atoms. The number of hydrogen-bond donors (Lipinski definition) is 1. The highest BCUT2D eigenvalue weighted by molar-refractivity contribution is 7.98. The first kappa shape index (κ1) is 20.0. The zero-order chi connectivity index (χ0) is 20.4. The van der Waals surface area contributed by atoms with Crippen LogP contribution < -0.4 is 5.32 Å². The molecule has 29 heavy (non-hydrogen) atoms. The van der Waals surface area contributed by atoms with Gasteiger partial charge in [-0.05, 0) is 24.5 Å². The van der Waals surface area contributed by atoms with Gasteiger partial charge in [-0.2, -0.15) is 0 Å². The van der Waals surface area contributed by atoms with Crippen molar-refractivity contribution in [2.45, 2.75) is 11.4 Å². The molecule has 1 amide bonds. The second-order valence-electron chi connectivity index (χ2n) is 6.51. The van der Waals surface area contributed by atoms with Crippen molar-refractivity contribution >= 4 is 46.4 Å². The van der Waals surface area contributed by atoms with Gasteiger partial charge in [-0.25, -0.2) is 0 Å². The van der Waals surface area contributed by atoms with E-state index in [2.05, 4.69) is 39.5 Å². The van der Waals surface area contributed by atoms with E-state index < -0.39 is 0 Å². The number of benzene rings is 1. The molecule has 0 radical (unpaired) electrons. The van der Waals surface area contributed by atoms with Gasteiger partial charge in [0.25, 0.3) is 5.91 Å². The van der Waals surface area contributed by atoms with Gasteiger partial charge in [0, 0.05) is 35.7 Å². The van der Waals surface area contributed by atoms with Crippen molar-refractivity contribution in [2.75, 3.05) is 26.4 Å². The van der Waals surface area contributed by atoms with Crippen LogP contribution in [0.1, 0.15) is 21.0 Å². The highest BCUT2D eigenvalue weighted by Gasteiger charge is 2.18. The molecule has 9 heteroatoms. The lowest BCUT2D eigenvalue weighted by atomic mass is 10.1. The Morgan fingerprint density at radius 3 is 2.90 bits per heavy atom. The fourth-order valence-electron chi connectivity index (χ4n) is 3.10. The lowest BCUT2D eigenvalue weighted by molar-refractivity contribution is 0.0951. The van der Waals surface area contributed by atoms with E-state index in [0.717, 1.165) is 40.6 Å². The molecule has 1 aliphatic heterocycles. The van der Waals surface area contributed by atoms with E-state index in [-0.39, 0.29) is 12.5 Å². The molecule has 1 aliphatic rings. The van der Waals surface area contributed by atoms with E-state index >= 15 is 0 Å². The Bertz CT molecular complexity index is 1080. The number of aromatic nitrogens is 1. The molecule has 6 nitrogen and oxygen atoms in total. The summed E-state index contributed by atoms with van der Waals surface area (Å²) in [5, 5.41) is 7.02. The van der Waals surface area contributed by atoms with Crippen molar-refractivity contribution in [3.63, 3.8) is 0 Å². The van der Waals surface area contributed by atoms with E-state index in [4.69, 9.17) is 16.1 Å². The summed E-state index contributed by atoms with van der Waals surface area (Å²) < 4.78 is 6.01. The molecule has 3 aromatic rings. The van der Waals surface area contributed by atoms with Crippen LogP contribution in [0.4, 0.5) is 0 Å². The zero-order valence-electron chi connectivity index (χ0n) is 15.9. The topological polar surface area (TPSA) is 70.7 Å². The summed E-state index contributed by atoms with van der Waals surface area (Å²) >= 11 is 8.78. The summed E-state index contributed by atoms with van der Waals surface area (Å²) in [6, 6.07) is 11.5. The van der Waals surface area contributed by atoms with Crippen LogP contribution in [0.3, 0.4) is 0 Å². The summed E-state index contributed by atoms with van der Waals surface area (Å²) in [4.78, 5) is 20.6. The number of likely N-dealkylation sites (N-methyl/N-ethyl adjacent to an activating group) is 1. The van der Waals surface area contributed by atoms with E-state index in [1.54, 1.807) is 23.9 Å². The molecule has 0 saturated heterocycles. The first-order valence-corrected chi connectivity index (χ1v) is 11.4. The Morgan fingerprint density at radius 2 is 2.21 bits per heavy atom. The average Bonchev–Trinajstić information content (AvgIpc) is 3.47. The molecule has 4 rings (SSSR count). The summed E-state index contributed by atoms with van der Waals surface area (Å²) in [6.45, 7) is 2.04. The number of amidine groups is 1. The monoisotopic (exact) mass is 446 g/mol. The molecule has 0 saturated carbocycles. The lowest BCUT2D eigenvalue weighted by Crippen LogP contribution is -2.23. The molecule has 150 valence electrons. The first-order chi connectivity index (χ1) is 14.0. The molecule has 0 atom stereocenters. The number of halogens is 1. The number of carbonyl (C=O) groups excluding carboxylic acids is 1. The van der Waals surface area contributed by atoms with E-state index in [0.29, 0.717) is 15.0 Å². The van der Waals surface area contributed by atoms with E-state index in [1.165, 1.54) is 11.3 Å². The second kappa shape index (κ2) is 8.61. The van der Waals surface area contributed by atoms with Gasteiger partial charge in [-0.3, -0.25) is 9.79 Å². The summed E-state index contributed by atoms with van der Waals surface area (Å²) in [6.07, 6.45) is 2.04. The van der Waals surface area contributed by atoms with Crippen LogP contribution in [-0.2, 0) is 6.54 Å². The Balaban J connectivity index is 1.49. The number of aliphatic imine (C=N–C) groups is 1. The molecule has 0 aliphatic carbocycles. The molecule has 1 aromatic carbocycles. The minimum atomic E-state index is -0.185. The smallest absolute Gasteiger partial charge is 0.261 e. The highest BCUT2D eigenvalue weighted by Crippen LogP contribution is 2.31. The van der Waals surface area contributed by atoms with Gasteiger partial charge >= 0.3 is 0 Å². The van der Waals surface area contributed by atoms with Crippen LogP contribution in [0.15, 0.2) is 50.8 Å². The maximum Gasteiger partial charge on any atom is 0.261 e. The van der Waals surface area contributed by atoms with Crippen molar-refractivity contribution in [3.05, 3.63) is 56.9 Å². The standard InChI is InChI=1S/C20H19ClN4O2S2/c1-25-8-7-22-19(25)12-3-4-14(17(9-12)28-2)15-10-13(27-24-15)11-23-20(26)16-5-6-18(21)29-16/h3-6,9-10H,7-8,11H2,1-2H3,(H,23,26). The number of thiophene rings is 1. The third-order valence-corrected chi connectivity index (χ3v) is 6.58. The normalized spacial score (nSPS) is 13.6. The fraction of sp³-hybridized carbons (Fsp3) is 0.250. The van der Waals surface area contributed by atoms with Gasteiger partial charge in [0.15, 0.2) is 5.76 Å². The number of rotatable bonds is 6. The lowest BCUT2D eigenvalue weighted by Gasteiger charge is -2.15. The quantitative estimate of drug-likeness (QED) is 0.568. The predicted octanol–water partition coefficient (Wildman–Crippen LogP) is 4.40. The number of nitrogens with one attached hydrogen (secondary N) is 1. The molecule has 0 unspecified atom stereocenters. The Morgan fingerprint density at radius 1 is 1.34 bits per heavy atom. The van der Waals surface area contributed by atoms with Gasteiger partial charge in [-0.15, -0.1) is 23.1 Å². The number of amides is 1. The third kappa shape index (κ3) is 4.34. The van der Waals surface area contributed by atoms with Gasteiger partial charge in [-0.1, -0.05) is 28.9 Å². The minimum absolute atomic E-state index is 0.185. The number of carbonyl (C=O) groups is 1. The van der Waals surface area contributed by atoms with Crippen molar-refractivity contribution in [1.82, 2.24) is 15.4 Å². The molecular weight excluding hydrogens is 428 g/mol. The molecule has 3 heterocycles. The van der Waals surface area contributed by atoms with Gasteiger partial charge in [0.05, 0.1) is 22.3 Å². The average molecular weight is 447 g/mol. The maximum absolute atomic E-state index is 12.2.